The Kier molecular flexibility index (Phi) is 6.71. The molecule has 6 heteroatoms. The first-order valence-electron chi connectivity index (χ1n) is 7.41. The minimum Gasteiger partial charge on any atom is -0.462 e. The molecule has 0 aliphatic rings. The minimum atomic E-state index is -0.689. The molecule has 0 amide bonds. The van der Waals surface area contributed by atoms with E-state index in [1.54, 1.807) is 49.4 Å². The molecule has 0 unspecified atom stereocenters. The van der Waals surface area contributed by atoms with Crippen LogP contribution in [0.2, 0.25) is 0 Å². The molecule has 0 bridgehead atoms. The molecule has 0 atom stereocenters. The van der Waals surface area contributed by atoms with Gasteiger partial charge in [0.05, 0.1) is 12.2 Å². The Morgan fingerprint density at radius 2 is 1.96 bits per heavy atom. The number of carbonyl (C=O) groups is 2. The fourth-order valence-electron chi connectivity index (χ4n) is 1.97. The Labute approximate surface area is 159 Å². The van der Waals surface area contributed by atoms with Crippen molar-refractivity contribution in [2.24, 2.45) is 0 Å². The maximum Gasteiger partial charge on any atom is 0.348 e. The van der Waals surface area contributed by atoms with Crippen LogP contribution in [0.3, 0.4) is 0 Å². The molecular formula is C19H14INO4. The second-order valence-electron chi connectivity index (χ2n) is 4.83. The van der Waals surface area contributed by atoms with Crippen LogP contribution in [0.1, 0.15) is 22.8 Å². The van der Waals surface area contributed by atoms with Crippen molar-refractivity contribution in [2.75, 3.05) is 6.61 Å². The van der Waals surface area contributed by atoms with E-state index < -0.39 is 11.9 Å². The number of ether oxygens (including phenoxy) is 2. The van der Waals surface area contributed by atoms with Crippen molar-refractivity contribution >= 4 is 40.6 Å². The zero-order chi connectivity index (χ0) is 18.2. The molecule has 0 aliphatic carbocycles. The molecule has 0 heterocycles. The van der Waals surface area contributed by atoms with Gasteiger partial charge in [-0.3, -0.25) is 0 Å². The second kappa shape index (κ2) is 8.99. The van der Waals surface area contributed by atoms with Crippen molar-refractivity contribution in [3.63, 3.8) is 0 Å². The maximum absolute atomic E-state index is 12.2. The van der Waals surface area contributed by atoms with Crippen LogP contribution in [0.5, 0.6) is 5.75 Å². The van der Waals surface area contributed by atoms with Gasteiger partial charge in [-0.2, -0.15) is 5.26 Å². The van der Waals surface area contributed by atoms with Gasteiger partial charge in [0.1, 0.15) is 17.4 Å². The van der Waals surface area contributed by atoms with E-state index in [0.29, 0.717) is 16.9 Å². The van der Waals surface area contributed by atoms with Crippen LogP contribution >= 0.6 is 22.6 Å². The van der Waals surface area contributed by atoms with E-state index >= 15 is 0 Å². The number of benzene rings is 2. The van der Waals surface area contributed by atoms with E-state index in [0.717, 1.165) is 3.57 Å². The van der Waals surface area contributed by atoms with Gasteiger partial charge in [0.15, 0.2) is 0 Å². The van der Waals surface area contributed by atoms with Gasteiger partial charge < -0.3 is 9.47 Å². The molecule has 2 aromatic carbocycles. The summed E-state index contributed by atoms with van der Waals surface area (Å²) in [6.07, 6.45) is 1.39. The summed E-state index contributed by atoms with van der Waals surface area (Å²) in [5.41, 5.74) is 0.897. The zero-order valence-electron chi connectivity index (χ0n) is 13.4. The van der Waals surface area contributed by atoms with Crippen LogP contribution in [0.15, 0.2) is 54.1 Å². The van der Waals surface area contributed by atoms with Crippen molar-refractivity contribution in [3.8, 4) is 11.8 Å². The molecule has 0 spiro atoms. The molecular weight excluding hydrogens is 433 g/mol. The Morgan fingerprint density at radius 1 is 1.20 bits per heavy atom. The molecule has 126 valence electrons. The molecule has 0 radical (unpaired) electrons. The third-order valence-electron chi connectivity index (χ3n) is 3.09. The van der Waals surface area contributed by atoms with E-state index in [1.807, 2.05) is 12.1 Å². The van der Waals surface area contributed by atoms with Crippen molar-refractivity contribution in [3.05, 3.63) is 68.8 Å². The number of hydrogen-bond donors (Lipinski definition) is 0. The number of rotatable bonds is 5. The summed E-state index contributed by atoms with van der Waals surface area (Å²) in [7, 11) is 0. The minimum absolute atomic E-state index is 0.122. The molecule has 0 aliphatic heterocycles. The Bertz CT molecular complexity index is 868. The number of nitrogens with zero attached hydrogens (tertiary/aromatic N) is 1. The van der Waals surface area contributed by atoms with Crippen LogP contribution < -0.4 is 4.74 Å². The van der Waals surface area contributed by atoms with Crippen LogP contribution in [0.25, 0.3) is 6.08 Å². The van der Waals surface area contributed by atoms with Gasteiger partial charge in [-0.05, 0) is 65.4 Å². The lowest BCUT2D eigenvalue weighted by molar-refractivity contribution is -0.137. The Balaban J connectivity index is 2.22. The van der Waals surface area contributed by atoms with Crippen LogP contribution in [-0.4, -0.2) is 18.5 Å². The summed E-state index contributed by atoms with van der Waals surface area (Å²) in [6, 6.07) is 15.5. The normalized spacial score (nSPS) is 10.7. The van der Waals surface area contributed by atoms with Crippen molar-refractivity contribution in [2.45, 2.75) is 6.92 Å². The summed E-state index contributed by atoms with van der Waals surface area (Å²) < 4.78 is 11.0. The Morgan fingerprint density at radius 3 is 2.64 bits per heavy atom. The van der Waals surface area contributed by atoms with Crippen molar-refractivity contribution < 1.29 is 19.1 Å². The summed E-state index contributed by atoms with van der Waals surface area (Å²) in [6.45, 7) is 1.85. The van der Waals surface area contributed by atoms with Crippen molar-refractivity contribution in [1.29, 1.82) is 5.26 Å². The molecule has 0 saturated heterocycles. The first-order valence-corrected chi connectivity index (χ1v) is 8.48. The molecule has 2 rings (SSSR count). The van der Waals surface area contributed by atoms with Gasteiger partial charge in [0.2, 0.25) is 0 Å². The topological polar surface area (TPSA) is 76.4 Å². The molecule has 5 nitrogen and oxygen atoms in total. The highest BCUT2D eigenvalue weighted by atomic mass is 127. The van der Waals surface area contributed by atoms with E-state index in [-0.39, 0.29) is 12.2 Å². The lowest BCUT2D eigenvalue weighted by Gasteiger charge is -2.07. The highest BCUT2D eigenvalue weighted by molar-refractivity contribution is 14.1. The van der Waals surface area contributed by atoms with E-state index in [9.17, 15) is 9.59 Å². The van der Waals surface area contributed by atoms with Crippen molar-refractivity contribution in [1.82, 2.24) is 0 Å². The predicted molar refractivity (Wildman–Crippen MR) is 101 cm³/mol. The third-order valence-corrected chi connectivity index (χ3v) is 4.03. The average molecular weight is 447 g/mol. The Hall–Kier alpha value is -2.66. The molecule has 0 aromatic heterocycles. The largest absolute Gasteiger partial charge is 0.462 e. The van der Waals surface area contributed by atoms with E-state index in [2.05, 4.69) is 22.6 Å². The SMILES string of the molecule is CCOC(=O)/C(C#N)=C/c1cccc(OC(=O)c2ccccc2I)c1. The van der Waals surface area contributed by atoms with Crippen LogP contribution in [-0.2, 0) is 9.53 Å². The molecule has 0 saturated carbocycles. The molecule has 0 fully saturated rings. The van der Waals surface area contributed by atoms with Gasteiger partial charge in [-0.25, -0.2) is 9.59 Å². The smallest absolute Gasteiger partial charge is 0.348 e. The number of hydrogen-bond acceptors (Lipinski definition) is 5. The summed E-state index contributed by atoms with van der Waals surface area (Å²) in [5, 5.41) is 9.07. The highest BCUT2D eigenvalue weighted by Crippen LogP contribution is 2.19. The van der Waals surface area contributed by atoms with Gasteiger partial charge in [-0.15, -0.1) is 0 Å². The van der Waals surface area contributed by atoms with Gasteiger partial charge in [0, 0.05) is 3.57 Å². The van der Waals surface area contributed by atoms with Gasteiger partial charge in [0.25, 0.3) is 0 Å². The molecule has 2 aromatic rings. The summed E-state index contributed by atoms with van der Waals surface area (Å²) in [5.74, 6) is -0.845. The van der Waals surface area contributed by atoms with E-state index in [4.69, 9.17) is 14.7 Å². The number of esters is 2. The average Bonchev–Trinajstić information content (AvgIpc) is 2.60. The monoisotopic (exact) mass is 447 g/mol. The van der Waals surface area contributed by atoms with Gasteiger partial charge >= 0.3 is 11.9 Å². The predicted octanol–water partition coefficient (Wildman–Crippen LogP) is 3.98. The number of carbonyl (C=O) groups excluding carboxylic acids is 2. The maximum atomic E-state index is 12.2. The number of halogens is 1. The van der Waals surface area contributed by atoms with E-state index in [1.165, 1.54) is 6.08 Å². The lowest BCUT2D eigenvalue weighted by atomic mass is 10.1. The molecule has 25 heavy (non-hydrogen) atoms. The fraction of sp³-hybridized carbons (Fsp3) is 0.105. The standard InChI is InChI=1S/C19H14INO4/c1-2-24-18(22)14(12-21)10-13-6-5-7-15(11-13)25-19(23)16-8-3-4-9-17(16)20/h3-11H,2H2,1H3/b14-10+. The first-order chi connectivity index (χ1) is 12.0. The van der Waals surface area contributed by atoms with Gasteiger partial charge in [-0.1, -0.05) is 24.3 Å². The quantitative estimate of drug-likeness (QED) is 0.228. The first kappa shape index (κ1) is 18.7. The summed E-state index contributed by atoms with van der Waals surface area (Å²) >= 11 is 2.06. The second-order valence-corrected chi connectivity index (χ2v) is 5.99. The number of nitriles is 1. The summed E-state index contributed by atoms with van der Waals surface area (Å²) in [4.78, 5) is 23.9. The molecule has 0 N–H and O–H groups in total. The third kappa shape index (κ3) is 5.16. The fourth-order valence-corrected chi connectivity index (χ4v) is 2.58. The van der Waals surface area contributed by atoms with Crippen LogP contribution in [0.4, 0.5) is 0 Å². The highest BCUT2D eigenvalue weighted by Gasteiger charge is 2.13. The zero-order valence-corrected chi connectivity index (χ0v) is 15.5. The van der Waals surface area contributed by atoms with Crippen LogP contribution in [0, 0.1) is 14.9 Å². The lowest BCUT2D eigenvalue weighted by Crippen LogP contribution is -2.10.